The van der Waals surface area contributed by atoms with E-state index in [2.05, 4.69) is 426 Å². The van der Waals surface area contributed by atoms with Crippen LogP contribution in [0.5, 0.6) is 0 Å². The molecular weight excluding hydrogens is 1490 g/mol. The molecule has 0 bridgehead atoms. The molecule has 0 spiro atoms. The van der Waals surface area contributed by atoms with Gasteiger partial charge in [0, 0.05) is 99.5 Å². The van der Waals surface area contributed by atoms with Gasteiger partial charge in [-0.15, -0.1) is 0 Å². The van der Waals surface area contributed by atoms with E-state index in [9.17, 15) is 0 Å². The summed E-state index contributed by atoms with van der Waals surface area (Å²) in [4.78, 5) is 25.9. The normalized spacial score (nSPS) is 12.9. The minimum absolute atomic E-state index is 0.106. The Morgan fingerprint density at radius 1 is 0.213 bits per heavy atom. The van der Waals surface area contributed by atoms with E-state index in [0.29, 0.717) is 11.6 Å². The van der Waals surface area contributed by atoms with Gasteiger partial charge < -0.3 is 18.6 Å². The molecule has 24 rings (SSSR count). The lowest BCUT2D eigenvalue weighted by Crippen LogP contribution is -2.16. The largest absolute Gasteiger partial charge is 0.456 e. The molecule has 18 aromatic carbocycles. The molecule has 0 aliphatic heterocycles. The monoisotopic (exact) mass is 1560 g/mol. The number of aromatic nitrogens is 4. The predicted molar refractivity (Wildman–Crippen MR) is 506 cm³/mol. The molecule has 0 radical (unpaired) electrons. The van der Waals surface area contributed by atoms with Crippen molar-refractivity contribution < 1.29 is 8.83 Å². The lowest BCUT2D eigenvalue weighted by molar-refractivity contribution is 0.660. The summed E-state index contributed by atoms with van der Waals surface area (Å²) in [6.07, 6.45) is 0. The Kier molecular flexibility index (Phi) is 16.8. The van der Waals surface area contributed by atoms with Crippen molar-refractivity contribution in [2.24, 2.45) is 0 Å². The van der Waals surface area contributed by atoms with Gasteiger partial charge in [0.1, 0.15) is 22.3 Å². The third kappa shape index (κ3) is 12.0. The van der Waals surface area contributed by atoms with Crippen LogP contribution in [0.1, 0.15) is 49.9 Å². The topological polar surface area (TPSA) is 84.3 Å². The molecule has 0 saturated carbocycles. The van der Waals surface area contributed by atoms with Gasteiger partial charge in [0.15, 0.2) is 11.6 Å². The van der Waals surface area contributed by atoms with Crippen molar-refractivity contribution in [1.82, 2.24) is 19.9 Å². The molecule has 0 atom stereocenters. The second kappa shape index (κ2) is 28.6. The maximum Gasteiger partial charge on any atom is 0.160 e. The molecule has 2 aliphatic rings. The Balaban J connectivity index is 0.000000142. The number of benzene rings is 18. The van der Waals surface area contributed by atoms with Crippen molar-refractivity contribution in [3.63, 3.8) is 0 Å². The average Bonchev–Trinajstić information content (AvgIpc) is 1.59. The molecule has 4 heterocycles. The van der Waals surface area contributed by atoms with E-state index < -0.39 is 0 Å². The zero-order valence-corrected chi connectivity index (χ0v) is 67.6. The van der Waals surface area contributed by atoms with Gasteiger partial charge in [0.05, 0.1) is 22.4 Å². The third-order valence-corrected chi connectivity index (χ3v) is 25.2. The highest BCUT2D eigenvalue weighted by atomic mass is 16.3. The Hall–Kier alpha value is -15.6. The first kappa shape index (κ1) is 71.7. The molecule has 0 N–H and O–H groups in total. The van der Waals surface area contributed by atoms with Crippen molar-refractivity contribution in [2.75, 3.05) is 9.80 Å². The summed E-state index contributed by atoms with van der Waals surface area (Å²) in [6, 6.07) is 142. The molecule has 2 aliphatic carbocycles. The first-order valence-corrected chi connectivity index (χ1v) is 41.8. The Labute approximate surface area is 706 Å². The minimum Gasteiger partial charge on any atom is -0.456 e. The zero-order valence-electron chi connectivity index (χ0n) is 67.6. The van der Waals surface area contributed by atoms with Crippen molar-refractivity contribution in [3.8, 4) is 89.8 Å². The Bertz CT molecular complexity index is 7950. The molecule has 0 unspecified atom stereocenters. The van der Waals surface area contributed by atoms with Crippen LogP contribution < -0.4 is 9.80 Å². The number of anilines is 6. The van der Waals surface area contributed by atoms with Crippen LogP contribution >= 0.6 is 0 Å². The number of nitrogens with zero attached hydrogens (tertiary/aromatic N) is 6. The minimum atomic E-state index is -0.124. The summed E-state index contributed by atoms with van der Waals surface area (Å²) in [5, 5.41) is 11.1. The highest BCUT2D eigenvalue weighted by Crippen LogP contribution is 2.54. The molecule has 576 valence electrons. The number of para-hydroxylation sites is 4. The van der Waals surface area contributed by atoms with E-state index >= 15 is 0 Å². The SMILES string of the molecule is CC1(C)c2ccccc2-c2ccc(N(c3ccccc3)c3ccc(-c4nc(-c5cc(-c6ccccc6)c6c(c5)oc5cc7ccccc7cc56)c5ccccc5n4)cc3)cc21.CC1(C)c2ccccc2-c2ccc(N(c3ccccc3)c3cccc(-c4nc(-c5cc(-c6ccccc6)c6c(c5)oc5cc7ccccc7cc56)c5ccccc5n4)c3)cc21. The highest BCUT2D eigenvalue weighted by molar-refractivity contribution is 6.19. The molecule has 0 saturated heterocycles. The highest BCUT2D eigenvalue weighted by Gasteiger charge is 2.38. The van der Waals surface area contributed by atoms with E-state index in [-0.39, 0.29) is 10.8 Å². The third-order valence-electron chi connectivity index (χ3n) is 25.2. The van der Waals surface area contributed by atoms with E-state index in [4.69, 9.17) is 28.8 Å². The van der Waals surface area contributed by atoms with E-state index in [0.717, 1.165) is 166 Å². The predicted octanol–water partition coefficient (Wildman–Crippen LogP) is 30.9. The molecular formula is C114H78N6O2. The molecule has 122 heavy (non-hydrogen) atoms. The maximum atomic E-state index is 6.75. The second-order valence-corrected chi connectivity index (χ2v) is 33.2. The lowest BCUT2D eigenvalue weighted by atomic mass is 9.82. The van der Waals surface area contributed by atoms with Gasteiger partial charge in [-0.25, -0.2) is 19.9 Å². The summed E-state index contributed by atoms with van der Waals surface area (Å²) in [7, 11) is 0. The van der Waals surface area contributed by atoms with Crippen LogP contribution in [0.2, 0.25) is 0 Å². The van der Waals surface area contributed by atoms with Crippen LogP contribution in [-0.2, 0) is 10.8 Å². The lowest BCUT2D eigenvalue weighted by Gasteiger charge is -2.28. The van der Waals surface area contributed by atoms with Crippen LogP contribution in [0, 0.1) is 0 Å². The van der Waals surface area contributed by atoms with Crippen LogP contribution in [0.25, 0.3) is 177 Å². The quantitative estimate of drug-likeness (QED) is 0.120. The first-order chi connectivity index (χ1) is 59.9. The number of rotatable bonds is 12. The Morgan fingerprint density at radius 3 is 1.04 bits per heavy atom. The van der Waals surface area contributed by atoms with E-state index in [1.807, 2.05) is 12.1 Å². The van der Waals surface area contributed by atoms with Gasteiger partial charge in [0.25, 0.3) is 0 Å². The summed E-state index contributed by atoms with van der Waals surface area (Å²) >= 11 is 0. The summed E-state index contributed by atoms with van der Waals surface area (Å²) in [5.74, 6) is 1.33. The number of hydrogen-bond acceptors (Lipinski definition) is 8. The fourth-order valence-electron chi connectivity index (χ4n) is 19.3. The average molecular weight is 1560 g/mol. The molecule has 8 heteroatoms. The van der Waals surface area contributed by atoms with Crippen LogP contribution in [0.3, 0.4) is 0 Å². The molecule has 0 fully saturated rings. The van der Waals surface area contributed by atoms with E-state index in [1.165, 1.54) is 55.3 Å². The second-order valence-electron chi connectivity index (χ2n) is 33.2. The van der Waals surface area contributed by atoms with Crippen LogP contribution in [-0.4, -0.2) is 19.9 Å². The van der Waals surface area contributed by atoms with Crippen LogP contribution in [0.4, 0.5) is 34.1 Å². The zero-order chi connectivity index (χ0) is 81.3. The van der Waals surface area contributed by atoms with Crippen molar-refractivity contribution in [3.05, 3.63) is 423 Å². The van der Waals surface area contributed by atoms with Gasteiger partial charge in [-0.2, -0.15) is 0 Å². The van der Waals surface area contributed by atoms with Crippen LogP contribution in [0.15, 0.2) is 409 Å². The summed E-state index contributed by atoms with van der Waals surface area (Å²) in [6.45, 7) is 9.33. The van der Waals surface area contributed by atoms with Gasteiger partial charge >= 0.3 is 0 Å². The first-order valence-electron chi connectivity index (χ1n) is 41.8. The fraction of sp³-hybridized carbons (Fsp3) is 0.0526. The van der Waals surface area contributed by atoms with Gasteiger partial charge in [-0.05, 0) is 234 Å². The molecule has 8 nitrogen and oxygen atoms in total. The fourth-order valence-corrected chi connectivity index (χ4v) is 19.3. The standard InChI is InChI=1S/2C57H39N3O/c1-57(2)49-26-13-11-24-44(49)45-29-28-43(35-50(45)57)60(41-21-7-4-8-22-41)42-23-15-20-39(30-42)56-58-51-27-14-12-25-46(51)55(59-56)40-32-47(36-16-5-3-6-17-36)54-48-31-37-18-9-10-19-38(37)33-52(48)61-53(54)34-40;1-57(2)49-23-13-11-21-44(49)45-30-29-43(35-50(45)57)60(41-19-7-4-8-20-41)42-27-25-37(26-28-42)56-58-51-24-14-12-22-46(51)55(59-56)40-32-47(36-15-5-3-6-16-36)54-48-31-38-17-9-10-18-39(38)33-52(48)61-53(54)34-40/h2*3-35H,1-2H3. The van der Waals surface area contributed by atoms with Gasteiger partial charge in [0.2, 0.25) is 0 Å². The number of fused-ring (bicyclic) bond motifs is 16. The molecule has 0 amide bonds. The molecule has 22 aromatic rings. The Morgan fingerprint density at radius 2 is 0.566 bits per heavy atom. The summed E-state index contributed by atoms with van der Waals surface area (Å²) < 4.78 is 13.5. The smallest absolute Gasteiger partial charge is 0.160 e. The van der Waals surface area contributed by atoms with Gasteiger partial charge in [-0.1, -0.05) is 282 Å². The van der Waals surface area contributed by atoms with Gasteiger partial charge in [-0.3, -0.25) is 0 Å². The van der Waals surface area contributed by atoms with Crippen molar-refractivity contribution in [2.45, 2.75) is 38.5 Å². The number of hydrogen-bond donors (Lipinski definition) is 0. The van der Waals surface area contributed by atoms with Crippen molar-refractivity contribution in [1.29, 1.82) is 0 Å². The van der Waals surface area contributed by atoms with Crippen molar-refractivity contribution >= 4 is 121 Å². The maximum absolute atomic E-state index is 6.75. The molecule has 4 aromatic heterocycles. The summed E-state index contributed by atoms with van der Waals surface area (Å²) in [5.41, 5.74) is 32.0. The van der Waals surface area contributed by atoms with E-state index in [1.54, 1.807) is 0 Å². The number of furan rings is 2.